The predicted molar refractivity (Wildman–Crippen MR) is 117 cm³/mol. The van der Waals surface area contributed by atoms with E-state index < -0.39 is 5.97 Å². The average Bonchev–Trinajstić information content (AvgIpc) is 2.73. The van der Waals surface area contributed by atoms with Gasteiger partial charge in [-0.15, -0.1) is 0 Å². The minimum absolute atomic E-state index is 0.148. The highest BCUT2D eigenvalue weighted by molar-refractivity contribution is 9.10. The average molecular weight is 472 g/mol. The molecule has 3 aromatic rings. The second-order valence-corrected chi connectivity index (χ2v) is 7.27. The van der Waals surface area contributed by atoms with E-state index in [1.165, 1.54) is 13.2 Å². The number of halogens is 2. The Morgan fingerprint density at radius 2 is 1.69 bits per heavy atom. The Bertz CT molecular complexity index is 1070. The summed E-state index contributed by atoms with van der Waals surface area (Å²) >= 11 is 9.17. The molecule has 29 heavy (non-hydrogen) atoms. The smallest absolute Gasteiger partial charge is 0.344 e. The summed E-state index contributed by atoms with van der Waals surface area (Å²) in [7, 11) is 1.48. The van der Waals surface area contributed by atoms with Gasteiger partial charge in [-0.25, -0.2) is 4.79 Å². The van der Waals surface area contributed by atoms with Gasteiger partial charge in [0.05, 0.1) is 12.7 Å². The van der Waals surface area contributed by atoms with Crippen molar-refractivity contribution in [3.63, 3.8) is 0 Å². The number of ether oxygens (including phenoxy) is 2. The Labute approximate surface area is 181 Å². The fourth-order valence-electron chi connectivity index (χ4n) is 2.54. The van der Waals surface area contributed by atoms with Gasteiger partial charge in [-0.2, -0.15) is 0 Å². The van der Waals surface area contributed by atoms with Crippen LogP contribution in [0.25, 0.3) is 6.08 Å². The standard InChI is InChI=1S/C23H16BrClO4/c1-28-22-14-15(6-12-20(26)16-8-10-17(25)11-9-16)7-13-21(22)29-23(27)18-4-2-3-5-19(18)24/h2-14H,1H3/b12-6+. The van der Waals surface area contributed by atoms with E-state index in [-0.39, 0.29) is 11.5 Å². The summed E-state index contributed by atoms with van der Waals surface area (Å²) in [5, 5.41) is 0.572. The minimum Gasteiger partial charge on any atom is -0.493 e. The van der Waals surface area contributed by atoms with Gasteiger partial charge in [0.25, 0.3) is 0 Å². The molecule has 4 nitrogen and oxygen atoms in total. The molecule has 0 atom stereocenters. The van der Waals surface area contributed by atoms with Crippen molar-refractivity contribution in [3.05, 3.63) is 99.0 Å². The Hall–Kier alpha value is -2.89. The van der Waals surface area contributed by atoms with E-state index in [1.54, 1.807) is 66.7 Å². The van der Waals surface area contributed by atoms with Gasteiger partial charge >= 0.3 is 5.97 Å². The Balaban J connectivity index is 1.76. The summed E-state index contributed by atoms with van der Waals surface area (Å²) in [6, 6.07) is 18.7. The first kappa shape index (κ1) is 20.8. The normalized spacial score (nSPS) is 10.7. The number of allylic oxidation sites excluding steroid dienone is 1. The van der Waals surface area contributed by atoms with Crippen molar-refractivity contribution in [3.8, 4) is 11.5 Å². The summed E-state index contributed by atoms with van der Waals surface area (Å²) in [5.41, 5.74) is 1.67. The van der Waals surface area contributed by atoms with Gasteiger partial charge in [0.1, 0.15) is 0 Å². The largest absolute Gasteiger partial charge is 0.493 e. The van der Waals surface area contributed by atoms with Crippen LogP contribution in [0.4, 0.5) is 0 Å². The molecule has 0 aliphatic carbocycles. The van der Waals surface area contributed by atoms with Crippen LogP contribution in [0.15, 0.2) is 77.3 Å². The van der Waals surface area contributed by atoms with Gasteiger partial charge in [-0.05, 0) is 76.1 Å². The molecule has 0 radical (unpaired) electrons. The first-order valence-electron chi connectivity index (χ1n) is 8.60. The highest BCUT2D eigenvalue weighted by atomic mass is 79.9. The quantitative estimate of drug-likeness (QED) is 0.185. The summed E-state index contributed by atoms with van der Waals surface area (Å²) in [6.45, 7) is 0. The van der Waals surface area contributed by atoms with Gasteiger partial charge in [0.2, 0.25) is 0 Å². The highest BCUT2D eigenvalue weighted by Gasteiger charge is 2.15. The molecule has 0 heterocycles. The van der Waals surface area contributed by atoms with Crippen molar-refractivity contribution in [2.75, 3.05) is 7.11 Å². The summed E-state index contributed by atoms with van der Waals surface area (Å²) < 4.78 is 11.4. The molecule has 0 aliphatic heterocycles. The number of carbonyl (C=O) groups excluding carboxylic acids is 2. The maximum Gasteiger partial charge on any atom is 0.344 e. The molecule has 3 aromatic carbocycles. The lowest BCUT2D eigenvalue weighted by atomic mass is 10.1. The van der Waals surface area contributed by atoms with Crippen molar-refractivity contribution in [2.24, 2.45) is 0 Å². The number of methoxy groups -OCH3 is 1. The zero-order valence-corrected chi connectivity index (χ0v) is 17.7. The number of benzene rings is 3. The topological polar surface area (TPSA) is 52.6 Å². The van der Waals surface area contributed by atoms with Crippen LogP contribution in [0.1, 0.15) is 26.3 Å². The van der Waals surface area contributed by atoms with Gasteiger partial charge in [0, 0.05) is 15.1 Å². The monoisotopic (exact) mass is 470 g/mol. The molecule has 0 amide bonds. The third-order valence-electron chi connectivity index (χ3n) is 4.04. The van der Waals surface area contributed by atoms with Crippen LogP contribution in [0.2, 0.25) is 5.02 Å². The van der Waals surface area contributed by atoms with Crippen LogP contribution in [0.3, 0.4) is 0 Å². The Morgan fingerprint density at radius 3 is 2.38 bits per heavy atom. The number of carbonyl (C=O) groups is 2. The first-order valence-corrected chi connectivity index (χ1v) is 9.78. The third kappa shape index (κ3) is 5.34. The van der Waals surface area contributed by atoms with Crippen molar-refractivity contribution in [1.29, 1.82) is 0 Å². The van der Waals surface area contributed by atoms with Crippen molar-refractivity contribution >= 4 is 45.4 Å². The van der Waals surface area contributed by atoms with E-state index in [9.17, 15) is 9.59 Å². The Morgan fingerprint density at radius 1 is 0.966 bits per heavy atom. The molecular weight excluding hydrogens is 456 g/mol. The van der Waals surface area contributed by atoms with E-state index in [4.69, 9.17) is 21.1 Å². The molecule has 0 unspecified atom stereocenters. The van der Waals surface area contributed by atoms with Gasteiger partial charge in [-0.3, -0.25) is 4.79 Å². The van der Waals surface area contributed by atoms with E-state index in [2.05, 4.69) is 15.9 Å². The molecule has 0 bridgehead atoms. The minimum atomic E-state index is -0.503. The summed E-state index contributed by atoms with van der Waals surface area (Å²) in [5.74, 6) is 0.0166. The van der Waals surface area contributed by atoms with E-state index in [1.807, 2.05) is 6.07 Å². The molecule has 0 aromatic heterocycles. The zero-order valence-electron chi connectivity index (χ0n) is 15.4. The fraction of sp³-hybridized carbons (Fsp3) is 0.0435. The number of hydrogen-bond donors (Lipinski definition) is 0. The number of hydrogen-bond acceptors (Lipinski definition) is 4. The van der Waals surface area contributed by atoms with Gasteiger partial charge < -0.3 is 9.47 Å². The number of ketones is 1. The van der Waals surface area contributed by atoms with Crippen molar-refractivity contribution < 1.29 is 19.1 Å². The molecule has 0 fully saturated rings. The number of rotatable bonds is 6. The van der Waals surface area contributed by atoms with Crippen LogP contribution >= 0.6 is 27.5 Å². The third-order valence-corrected chi connectivity index (χ3v) is 4.98. The van der Waals surface area contributed by atoms with Crippen LogP contribution in [-0.2, 0) is 0 Å². The summed E-state index contributed by atoms with van der Waals surface area (Å²) in [4.78, 5) is 24.7. The molecule has 0 saturated heterocycles. The SMILES string of the molecule is COc1cc(/C=C/C(=O)c2ccc(Cl)cc2)ccc1OC(=O)c1ccccc1Br. The molecule has 0 N–H and O–H groups in total. The lowest BCUT2D eigenvalue weighted by molar-refractivity contribution is 0.0728. The van der Waals surface area contributed by atoms with Crippen molar-refractivity contribution in [2.45, 2.75) is 0 Å². The second-order valence-electron chi connectivity index (χ2n) is 5.98. The molecule has 146 valence electrons. The molecule has 6 heteroatoms. The number of esters is 1. The molecule has 0 saturated carbocycles. The molecule has 0 spiro atoms. The molecular formula is C23H16BrClO4. The first-order chi connectivity index (χ1) is 14.0. The highest BCUT2D eigenvalue weighted by Crippen LogP contribution is 2.30. The lowest BCUT2D eigenvalue weighted by Gasteiger charge is -2.10. The van der Waals surface area contributed by atoms with Crippen LogP contribution < -0.4 is 9.47 Å². The fourth-order valence-corrected chi connectivity index (χ4v) is 3.11. The van der Waals surface area contributed by atoms with Crippen molar-refractivity contribution in [1.82, 2.24) is 0 Å². The van der Waals surface area contributed by atoms with Crippen LogP contribution in [0.5, 0.6) is 11.5 Å². The van der Waals surface area contributed by atoms with E-state index >= 15 is 0 Å². The van der Waals surface area contributed by atoms with E-state index in [0.717, 1.165) is 5.56 Å². The van der Waals surface area contributed by atoms with Crippen LogP contribution in [0, 0.1) is 0 Å². The maximum atomic E-state index is 12.4. The summed E-state index contributed by atoms with van der Waals surface area (Å²) in [6.07, 6.45) is 3.13. The zero-order chi connectivity index (χ0) is 20.8. The molecule has 3 rings (SSSR count). The van der Waals surface area contributed by atoms with E-state index in [0.29, 0.717) is 26.4 Å². The maximum absolute atomic E-state index is 12.4. The lowest BCUT2D eigenvalue weighted by Crippen LogP contribution is -2.10. The molecule has 0 aliphatic rings. The Kier molecular flexibility index (Phi) is 6.86. The second kappa shape index (κ2) is 9.54. The van der Waals surface area contributed by atoms with Gasteiger partial charge in [0.15, 0.2) is 17.3 Å². The predicted octanol–water partition coefficient (Wildman–Crippen LogP) is 6.23. The van der Waals surface area contributed by atoms with Gasteiger partial charge in [-0.1, -0.05) is 35.9 Å². The van der Waals surface area contributed by atoms with Crippen LogP contribution in [-0.4, -0.2) is 18.9 Å².